The third kappa shape index (κ3) is 5.65. The number of ether oxygens (including phenoxy) is 1. The van der Waals surface area contributed by atoms with Gasteiger partial charge >= 0.3 is 6.18 Å². The molecule has 2 aromatic carbocycles. The molecule has 0 bridgehead atoms. The van der Waals surface area contributed by atoms with Gasteiger partial charge in [0.2, 0.25) is 13.6 Å². The van der Waals surface area contributed by atoms with Crippen LogP contribution in [0.15, 0.2) is 39.7 Å². The molecule has 0 aromatic heterocycles. The van der Waals surface area contributed by atoms with Gasteiger partial charge in [-0.3, -0.25) is 0 Å². The zero-order valence-corrected chi connectivity index (χ0v) is 20.7. The van der Waals surface area contributed by atoms with Gasteiger partial charge in [-0.1, -0.05) is 33.6 Å². The summed E-state index contributed by atoms with van der Waals surface area (Å²) in [5.74, 6) is 0.236. The molecule has 160 valence electrons. The maximum Gasteiger partial charge on any atom is 0.420 e. The lowest BCUT2D eigenvalue weighted by atomic mass is 10.1. The topological polar surface area (TPSA) is 55.4 Å². The highest BCUT2D eigenvalue weighted by Crippen LogP contribution is 2.39. The van der Waals surface area contributed by atoms with Crippen LogP contribution in [0.3, 0.4) is 0 Å². The Hall–Kier alpha value is -0.850. The lowest BCUT2D eigenvalue weighted by Gasteiger charge is -2.31. The summed E-state index contributed by atoms with van der Waals surface area (Å²) in [7, 11) is -4.47. The van der Waals surface area contributed by atoms with E-state index in [1.165, 1.54) is 6.07 Å². The number of hydrogen-bond donors (Lipinski definition) is 1. The third-order valence-electron chi connectivity index (χ3n) is 4.18. The summed E-state index contributed by atoms with van der Waals surface area (Å²) in [6, 6.07) is 8.09. The third-order valence-corrected chi connectivity index (χ3v) is 8.03. The van der Waals surface area contributed by atoms with Gasteiger partial charge in [0.1, 0.15) is 12.4 Å². The van der Waals surface area contributed by atoms with Crippen LogP contribution >= 0.6 is 38.5 Å². The van der Waals surface area contributed by atoms with Crippen molar-refractivity contribution in [2.75, 3.05) is 6.61 Å². The summed E-state index contributed by atoms with van der Waals surface area (Å²) in [4.78, 5) is -0.159. The Morgan fingerprint density at radius 2 is 1.59 bits per heavy atom. The van der Waals surface area contributed by atoms with Crippen LogP contribution in [0.2, 0.25) is 0 Å². The Morgan fingerprint density at radius 3 is 2.07 bits per heavy atom. The molecule has 29 heavy (non-hydrogen) atoms. The molecule has 1 unspecified atom stereocenters. The molecule has 1 atom stereocenters. The molecular weight excluding hydrogens is 586 g/mol. The van der Waals surface area contributed by atoms with Gasteiger partial charge in [0.15, 0.2) is 0 Å². The van der Waals surface area contributed by atoms with Crippen LogP contribution in [0.25, 0.3) is 0 Å². The molecule has 0 aliphatic heterocycles. The van der Waals surface area contributed by atoms with Gasteiger partial charge in [-0.25, -0.2) is 8.42 Å². The first-order chi connectivity index (χ1) is 13.2. The first-order valence-corrected chi connectivity index (χ1v) is 11.8. The molecule has 0 aliphatic rings. The average Bonchev–Trinajstić information content (AvgIpc) is 2.51. The van der Waals surface area contributed by atoms with E-state index in [0.29, 0.717) is 16.7 Å². The van der Waals surface area contributed by atoms with Crippen molar-refractivity contribution in [3.63, 3.8) is 0 Å². The lowest BCUT2D eigenvalue weighted by molar-refractivity contribution is -0.163. The van der Waals surface area contributed by atoms with Gasteiger partial charge in [-0.2, -0.15) is 17.9 Å². The van der Waals surface area contributed by atoms with Crippen molar-refractivity contribution in [1.82, 2.24) is 4.72 Å². The van der Waals surface area contributed by atoms with Gasteiger partial charge in [0.05, 0.1) is 4.90 Å². The molecule has 1 N–H and O–H groups in total. The zero-order valence-electron chi connectivity index (χ0n) is 16.1. The molecular formula is C19H20BrF3INO3S. The molecule has 2 rings (SSSR count). The van der Waals surface area contributed by atoms with Crippen LogP contribution in [-0.2, 0) is 10.0 Å². The maximum atomic E-state index is 13.9. The van der Waals surface area contributed by atoms with Crippen molar-refractivity contribution < 1.29 is 26.3 Å². The summed E-state index contributed by atoms with van der Waals surface area (Å²) < 4.78 is 72.5. The number of nitrogens with one attached hydrogen (secondary N) is 1. The maximum absolute atomic E-state index is 13.9. The van der Waals surface area contributed by atoms with Gasteiger partial charge in [-0.05, 0) is 85.2 Å². The highest BCUT2D eigenvalue weighted by molar-refractivity contribution is 14.1. The molecule has 0 fully saturated rings. The van der Waals surface area contributed by atoms with Crippen molar-refractivity contribution in [2.45, 2.75) is 42.3 Å². The second kappa shape index (κ2) is 8.72. The number of rotatable bonds is 6. The van der Waals surface area contributed by atoms with E-state index in [9.17, 15) is 21.6 Å². The summed E-state index contributed by atoms with van der Waals surface area (Å²) >= 11 is 4.33. The second-order valence-electron chi connectivity index (χ2n) is 6.83. The SMILES string of the molecule is Cc1cc(C)c(S(=O)(=O)NC(I)(COc2ccc(Br)cc2C)C(F)(F)F)c(C)c1. The first-order valence-electron chi connectivity index (χ1n) is 8.43. The minimum absolute atomic E-state index is 0.159. The van der Waals surface area contributed by atoms with E-state index >= 15 is 0 Å². The fraction of sp³-hybridized carbons (Fsp3) is 0.368. The molecule has 0 saturated carbocycles. The monoisotopic (exact) mass is 605 g/mol. The van der Waals surface area contributed by atoms with Crippen LogP contribution in [-0.4, -0.2) is 24.7 Å². The first kappa shape index (κ1) is 24.4. The second-order valence-corrected chi connectivity index (χ2v) is 11.2. The van der Waals surface area contributed by atoms with Crippen molar-refractivity contribution in [3.05, 3.63) is 57.1 Å². The minimum Gasteiger partial charge on any atom is -0.490 e. The summed E-state index contributed by atoms with van der Waals surface area (Å²) in [6.07, 6.45) is -4.89. The van der Waals surface area contributed by atoms with E-state index in [1.807, 2.05) is 4.72 Å². The molecule has 2 aromatic rings. The highest BCUT2D eigenvalue weighted by Gasteiger charge is 2.56. The van der Waals surface area contributed by atoms with Gasteiger partial charge in [0, 0.05) is 4.47 Å². The van der Waals surface area contributed by atoms with Crippen LogP contribution < -0.4 is 9.46 Å². The van der Waals surface area contributed by atoms with E-state index < -0.39 is 26.4 Å². The predicted molar refractivity (Wildman–Crippen MR) is 118 cm³/mol. The molecule has 0 aliphatic carbocycles. The molecule has 4 nitrogen and oxygen atoms in total. The molecule has 0 amide bonds. The van der Waals surface area contributed by atoms with E-state index in [-0.39, 0.29) is 10.6 Å². The van der Waals surface area contributed by atoms with E-state index in [0.717, 1.165) is 32.6 Å². The fourth-order valence-electron chi connectivity index (χ4n) is 2.98. The van der Waals surface area contributed by atoms with Crippen LogP contribution in [0.1, 0.15) is 22.3 Å². The number of halogens is 5. The molecule has 0 heterocycles. The Bertz CT molecular complexity index is 1000. The molecule has 0 saturated heterocycles. The highest BCUT2D eigenvalue weighted by atomic mass is 127. The van der Waals surface area contributed by atoms with Gasteiger partial charge < -0.3 is 4.74 Å². The average molecular weight is 606 g/mol. The normalized spacial score (nSPS) is 14.5. The Labute approximate surface area is 190 Å². The van der Waals surface area contributed by atoms with Crippen molar-refractivity contribution in [3.8, 4) is 5.75 Å². The number of aryl methyl sites for hydroxylation is 4. The Kier molecular flexibility index (Phi) is 7.34. The fourth-order valence-corrected chi connectivity index (χ4v) is 6.14. The van der Waals surface area contributed by atoms with Gasteiger partial charge in [-0.15, -0.1) is 0 Å². The van der Waals surface area contributed by atoms with Crippen LogP contribution in [0, 0.1) is 27.7 Å². The lowest BCUT2D eigenvalue weighted by Crippen LogP contribution is -2.57. The smallest absolute Gasteiger partial charge is 0.420 e. The summed E-state index contributed by atoms with van der Waals surface area (Å²) in [5, 5.41) is 0. The van der Waals surface area contributed by atoms with Crippen molar-refractivity contribution in [1.29, 1.82) is 0 Å². The number of benzene rings is 2. The molecule has 0 spiro atoms. The summed E-state index contributed by atoms with van der Waals surface area (Å²) in [5.41, 5.74) is 2.19. The summed E-state index contributed by atoms with van der Waals surface area (Å²) in [6.45, 7) is 5.66. The predicted octanol–water partition coefficient (Wildman–Crippen LogP) is 5.73. The largest absolute Gasteiger partial charge is 0.490 e. The minimum atomic E-state index is -4.89. The number of sulfonamides is 1. The Morgan fingerprint density at radius 1 is 1.03 bits per heavy atom. The number of alkyl halides is 4. The molecule has 0 radical (unpaired) electrons. The Balaban J connectivity index is 2.40. The van der Waals surface area contributed by atoms with E-state index in [2.05, 4.69) is 15.9 Å². The standard InChI is InChI=1S/C19H20BrF3INO3S/c1-11-7-13(3)17(14(4)8-11)29(26,27)25-18(24,19(21,22)23)10-28-16-6-5-15(20)9-12(16)2/h5-9,25H,10H2,1-4H3. The van der Waals surface area contributed by atoms with Gasteiger partial charge in [0.25, 0.3) is 0 Å². The van der Waals surface area contributed by atoms with Crippen LogP contribution in [0.5, 0.6) is 5.75 Å². The van der Waals surface area contributed by atoms with E-state index in [4.69, 9.17) is 4.74 Å². The van der Waals surface area contributed by atoms with Crippen molar-refractivity contribution in [2.24, 2.45) is 0 Å². The quantitative estimate of drug-likeness (QED) is 0.260. The van der Waals surface area contributed by atoms with Crippen LogP contribution in [0.4, 0.5) is 13.2 Å². The molecule has 10 heteroatoms. The zero-order chi connectivity index (χ0) is 22.2. The van der Waals surface area contributed by atoms with E-state index in [1.54, 1.807) is 52.0 Å². The number of hydrogen-bond acceptors (Lipinski definition) is 3. The van der Waals surface area contributed by atoms with Crippen molar-refractivity contribution >= 4 is 48.5 Å².